The van der Waals surface area contributed by atoms with Gasteiger partial charge in [-0.3, -0.25) is 9.59 Å². The summed E-state index contributed by atoms with van der Waals surface area (Å²) < 4.78 is 92.1. The van der Waals surface area contributed by atoms with Gasteiger partial charge < -0.3 is 15.5 Å². The lowest BCUT2D eigenvalue weighted by Crippen LogP contribution is -2.47. The number of alkyl halides is 6. The second kappa shape index (κ2) is 13.3. The topological polar surface area (TPSA) is 141 Å². The third kappa shape index (κ3) is 11.5. The highest BCUT2D eigenvalue weighted by atomic mass is 33.1. The molecular formula is C14H20F6N2O7S3. The van der Waals surface area contributed by atoms with Gasteiger partial charge in [0.25, 0.3) is 0 Å². The van der Waals surface area contributed by atoms with Gasteiger partial charge >= 0.3 is 33.6 Å². The second-order valence-corrected chi connectivity index (χ2v) is 10.6. The molecule has 0 aliphatic carbocycles. The van der Waals surface area contributed by atoms with Gasteiger partial charge in [-0.25, -0.2) is 13.2 Å². The van der Waals surface area contributed by atoms with E-state index in [4.69, 9.17) is 15.0 Å². The quantitative estimate of drug-likeness (QED) is 0.229. The smallest absolute Gasteiger partial charge is 0.481 e. The van der Waals surface area contributed by atoms with Gasteiger partial charge in [-0.2, -0.15) is 30.6 Å². The average molecular weight is 539 g/mol. The van der Waals surface area contributed by atoms with Crippen LogP contribution in [0, 0.1) is 5.92 Å². The Labute approximate surface area is 186 Å². The molecule has 0 atom stereocenters. The average Bonchev–Trinajstić information content (AvgIpc) is 2.65. The number of piperidine rings is 1. The van der Waals surface area contributed by atoms with Crippen molar-refractivity contribution in [1.82, 2.24) is 9.62 Å². The first-order valence-corrected chi connectivity index (χ1v) is 12.5. The van der Waals surface area contributed by atoms with E-state index in [-0.39, 0.29) is 38.3 Å². The minimum atomic E-state index is -5.33. The molecular weight excluding hydrogens is 518 g/mol. The van der Waals surface area contributed by atoms with E-state index in [1.807, 2.05) is 0 Å². The predicted molar refractivity (Wildman–Crippen MR) is 103 cm³/mol. The molecule has 1 rings (SSSR count). The molecule has 0 saturated carbocycles. The van der Waals surface area contributed by atoms with Gasteiger partial charge in [0.1, 0.15) is 0 Å². The van der Waals surface area contributed by atoms with Crippen molar-refractivity contribution < 1.29 is 59.4 Å². The molecule has 0 aromatic carbocycles. The molecule has 0 unspecified atom stereocenters. The number of sulfonamides is 1. The lowest BCUT2D eigenvalue weighted by atomic mass is 9.97. The van der Waals surface area contributed by atoms with Crippen LogP contribution < -0.4 is 5.32 Å². The molecule has 188 valence electrons. The van der Waals surface area contributed by atoms with Crippen LogP contribution in [0.5, 0.6) is 0 Å². The van der Waals surface area contributed by atoms with Crippen LogP contribution in [0.2, 0.25) is 0 Å². The van der Waals surface area contributed by atoms with Crippen LogP contribution >= 0.6 is 21.6 Å². The first kappa shape index (κ1) is 30.6. The molecule has 1 heterocycles. The monoisotopic (exact) mass is 538 g/mol. The van der Waals surface area contributed by atoms with Crippen molar-refractivity contribution in [3.63, 3.8) is 0 Å². The van der Waals surface area contributed by atoms with Gasteiger partial charge in [-0.05, 0) is 12.8 Å². The highest BCUT2D eigenvalue weighted by Crippen LogP contribution is 2.30. The van der Waals surface area contributed by atoms with E-state index in [2.05, 4.69) is 5.32 Å². The van der Waals surface area contributed by atoms with Crippen molar-refractivity contribution in [3.05, 3.63) is 0 Å². The van der Waals surface area contributed by atoms with E-state index >= 15 is 0 Å². The summed E-state index contributed by atoms with van der Waals surface area (Å²) in [6.45, 7) is -0.315. The van der Waals surface area contributed by atoms with Gasteiger partial charge in [0.2, 0.25) is 5.91 Å². The fourth-order valence-corrected chi connectivity index (χ4v) is 4.98. The number of aliphatic carboxylic acids is 2. The van der Waals surface area contributed by atoms with Crippen LogP contribution in [0.15, 0.2) is 0 Å². The van der Waals surface area contributed by atoms with Gasteiger partial charge in [-0.1, -0.05) is 21.6 Å². The number of carbonyl (C=O) groups is 3. The van der Waals surface area contributed by atoms with Crippen LogP contribution in [0.1, 0.15) is 19.3 Å². The summed E-state index contributed by atoms with van der Waals surface area (Å²) in [5.74, 6) is -3.42. The molecule has 18 heteroatoms. The lowest BCUT2D eigenvalue weighted by Gasteiger charge is -2.30. The maximum Gasteiger partial charge on any atom is 0.511 e. The van der Waals surface area contributed by atoms with E-state index in [9.17, 15) is 44.3 Å². The lowest BCUT2D eigenvalue weighted by molar-refractivity contribution is -0.192. The molecule has 1 fully saturated rings. The largest absolute Gasteiger partial charge is 0.511 e. The molecule has 1 amide bonds. The maximum absolute atomic E-state index is 12.5. The van der Waals surface area contributed by atoms with Gasteiger partial charge in [0.05, 0.1) is 6.42 Å². The number of hydrogen-bond acceptors (Lipinski definition) is 7. The number of hydrogen-bond donors (Lipinski definition) is 3. The van der Waals surface area contributed by atoms with E-state index in [1.54, 1.807) is 0 Å². The van der Waals surface area contributed by atoms with E-state index in [0.29, 0.717) is 22.4 Å². The Morgan fingerprint density at radius 1 is 0.969 bits per heavy atom. The van der Waals surface area contributed by atoms with Crippen LogP contribution in [0.3, 0.4) is 0 Å². The van der Waals surface area contributed by atoms with E-state index in [1.165, 1.54) is 21.6 Å². The summed E-state index contributed by atoms with van der Waals surface area (Å²) in [6.07, 6.45) is -4.94. The number of nitrogens with zero attached hydrogens (tertiary/aromatic N) is 1. The molecule has 3 N–H and O–H groups in total. The summed E-state index contributed by atoms with van der Waals surface area (Å²) in [5.41, 5.74) is -5.32. The third-order valence-electron chi connectivity index (χ3n) is 3.67. The SMILES string of the molecule is O=C(O)C(F)(F)F.O=C(O)CCSSCCNC(=O)C1CCN(S(=O)(=O)C(F)(F)F)CC1. The maximum atomic E-state index is 12.5. The van der Waals surface area contributed by atoms with Gasteiger partial charge in [0.15, 0.2) is 0 Å². The fraction of sp³-hybridized carbons (Fsp3) is 0.786. The summed E-state index contributed by atoms with van der Waals surface area (Å²) >= 11 is 0. The Bertz CT molecular complexity index is 738. The Morgan fingerprint density at radius 3 is 1.84 bits per heavy atom. The Kier molecular flexibility index (Phi) is 12.8. The number of carbonyl (C=O) groups excluding carboxylic acids is 1. The van der Waals surface area contributed by atoms with Crippen LogP contribution in [-0.4, -0.2) is 83.6 Å². The zero-order valence-corrected chi connectivity index (χ0v) is 18.6. The highest BCUT2D eigenvalue weighted by Gasteiger charge is 2.50. The van der Waals surface area contributed by atoms with E-state index < -0.39 is 39.6 Å². The molecule has 0 radical (unpaired) electrons. The molecule has 0 aromatic rings. The first-order chi connectivity index (χ1) is 14.5. The molecule has 0 bridgehead atoms. The predicted octanol–water partition coefficient (Wildman–Crippen LogP) is 2.15. The third-order valence-corrected chi connectivity index (χ3v) is 7.71. The minimum absolute atomic E-state index is 0.0433. The minimum Gasteiger partial charge on any atom is -0.481 e. The van der Waals surface area contributed by atoms with Crippen LogP contribution in [0.4, 0.5) is 26.3 Å². The molecule has 1 saturated heterocycles. The number of amides is 1. The van der Waals surface area contributed by atoms with Crippen molar-refractivity contribution >= 4 is 49.5 Å². The Balaban J connectivity index is 0.00000118. The summed E-state index contributed by atoms with van der Waals surface area (Å²) in [6, 6.07) is 0. The molecule has 0 spiro atoms. The van der Waals surface area contributed by atoms with Crippen molar-refractivity contribution in [2.45, 2.75) is 30.9 Å². The standard InChI is InChI=1S/C12H19F3N2O5S3.C2HF3O2/c13-12(14,15)25(21,22)17-5-1-9(2-6-17)11(20)16-4-8-24-23-7-3-10(18)19;3-2(4,5)1(6)7/h9H,1-8H2,(H,16,20)(H,18,19);(H,6,7). The molecule has 1 aliphatic heterocycles. The van der Waals surface area contributed by atoms with E-state index in [0.717, 1.165) is 0 Å². The molecule has 0 aromatic heterocycles. The second-order valence-electron chi connectivity index (χ2n) is 6.01. The van der Waals surface area contributed by atoms with Gasteiger partial charge in [-0.15, -0.1) is 0 Å². The van der Waals surface area contributed by atoms with Gasteiger partial charge in [0, 0.05) is 37.1 Å². The Hall–Kier alpha value is -1.40. The normalized spacial score (nSPS) is 16.1. The van der Waals surface area contributed by atoms with Crippen LogP contribution in [-0.2, 0) is 24.4 Å². The molecule has 32 heavy (non-hydrogen) atoms. The number of rotatable bonds is 9. The van der Waals surface area contributed by atoms with Crippen molar-refractivity contribution in [2.24, 2.45) is 5.92 Å². The summed E-state index contributed by atoms with van der Waals surface area (Å²) in [4.78, 5) is 31.1. The first-order valence-electron chi connectivity index (χ1n) is 8.60. The molecule has 9 nitrogen and oxygen atoms in total. The summed E-state index contributed by atoms with van der Waals surface area (Å²) in [5, 5.41) is 18.2. The summed E-state index contributed by atoms with van der Waals surface area (Å²) in [7, 11) is -2.54. The number of nitrogens with one attached hydrogen (secondary N) is 1. The molecule has 1 aliphatic rings. The number of carboxylic acid groups (broad SMARTS) is 2. The van der Waals surface area contributed by atoms with Crippen molar-refractivity contribution in [1.29, 1.82) is 0 Å². The fourth-order valence-electron chi connectivity index (χ4n) is 2.11. The van der Waals surface area contributed by atoms with Crippen molar-refractivity contribution in [3.8, 4) is 0 Å². The number of halogens is 6. The van der Waals surface area contributed by atoms with Crippen molar-refractivity contribution in [2.75, 3.05) is 31.1 Å². The number of carboxylic acids is 2. The zero-order chi connectivity index (χ0) is 25.2. The highest BCUT2D eigenvalue weighted by molar-refractivity contribution is 8.76. The zero-order valence-electron chi connectivity index (χ0n) is 16.1. The Morgan fingerprint density at radius 2 is 1.44 bits per heavy atom. The van der Waals surface area contributed by atoms with Crippen LogP contribution in [0.25, 0.3) is 0 Å².